The number of likely N-dealkylation sites (tertiary alicyclic amines) is 1. The predicted octanol–water partition coefficient (Wildman–Crippen LogP) is 5.64. The van der Waals surface area contributed by atoms with Gasteiger partial charge in [-0.05, 0) is 73.8 Å². The third-order valence-corrected chi connectivity index (χ3v) is 7.09. The number of halogens is 1. The van der Waals surface area contributed by atoms with Gasteiger partial charge in [-0.1, -0.05) is 48.0 Å². The first kappa shape index (κ1) is 22.6. The second kappa shape index (κ2) is 10.00. The van der Waals surface area contributed by atoms with E-state index in [1.54, 1.807) is 6.20 Å². The molecule has 4 aromatic rings. The number of pyridine rings is 1. The molecule has 1 saturated heterocycles. The van der Waals surface area contributed by atoms with Gasteiger partial charge >= 0.3 is 0 Å². The van der Waals surface area contributed by atoms with E-state index in [0.717, 1.165) is 49.3 Å². The third kappa shape index (κ3) is 4.86. The maximum Gasteiger partial charge on any atom is 0.224 e. The van der Waals surface area contributed by atoms with Gasteiger partial charge < -0.3 is 10.3 Å². The van der Waals surface area contributed by atoms with Crippen molar-refractivity contribution in [3.8, 4) is 0 Å². The Morgan fingerprint density at radius 2 is 1.88 bits per heavy atom. The lowest BCUT2D eigenvalue weighted by Crippen LogP contribution is -2.41. The van der Waals surface area contributed by atoms with Gasteiger partial charge in [-0.15, -0.1) is 0 Å². The number of benzene rings is 2. The van der Waals surface area contributed by atoms with Gasteiger partial charge in [0.15, 0.2) is 0 Å². The SMILES string of the molecule is Cc1cccnc1C(NC(=O)C1CCN(Cc2c[nH]c3ccccc23)CC1)c1ccc(Cl)cc1. The fraction of sp³-hybridized carbons (Fsp3) is 0.286. The Bertz CT molecular complexity index is 1280. The van der Waals surface area contributed by atoms with Gasteiger partial charge in [0.25, 0.3) is 0 Å². The molecule has 34 heavy (non-hydrogen) atoms. The first-order valence-corrected chi connectivity index (χ1v) is 12.2. The van der Waals surface area contributed by atoms with Gasteiger partial charge in [0.2, 0.25) is 5.91 Å². The molecule has 3 heterocycles. The van der Waals surface area contributed by atoms with Crippen LogP contribution in [0.5, 0.6) is 0 Å². The van der Waals surface area contributed by atoms with Crippen LogP contribution in [-0.4, -0.2) is 33.9 Å². The fourth-order valence-corrected chi connectivity index (χ4v) is 5.01. The molecule has 2 aromatic carbocycles. The Kier molecular flexibility index (Phi) is 6.66. The molecule has 0 radical (unpaired) electrons. The summed E-state index contributed by atoms with van der Waals surface area (Å²) in [4.78, 5) is 23.7. The number of carbonyl (C=O) groups is 1. The molecule has 0 saturated carbocycles. The summed E-state index contributed by atoms with van der Waals surface area (Å²) in [6.07, 6.45) is 5.58. The van der Waals surface area contributed by atoms with Crippen LogP contribution in [-0.2, 0) is 11.3 Å². The van der Waals surface area contributed by atoms with E-state index in [-0.39, 0.29) is 17.9 Å². The lowest BCUT2D eigenvalue weighted by molar-refractivity contribution is -0.127. The zero-order chi connectivity index (χ0) is 23.5. The van der Waals surface area contributed by atoms with Gasteiger partial charge in [0.1, 0.15) is 0 Å². The number of aromatic nitrogens is 2. The van der Waals surface area contributed by atoms with Crippen molar-refractivity contribution in [3.05, 3.63) is 100 Å². The minimum Gasteiger partial charge on any atom is -0.361 e. The number of H-pyrrole nitrogens is 1. The average molecular weight is 473 g/mol. The number of fused-ring (bicyclic) bond motifs is 1. The van der Waals surface area contributed by atoms with Crippen LogP contribution in [0.1, 0.15) is 41.3 Å². The largest absolute Gasteiger partial charge is 0.361 e. The van der Waals surface area contributed by atoms with Crippen LogP contribution in [0, 0.1) is 12.8 Å². The summed E-state index contributed by atoms with van der Waals surface area (Å²) in [6, 6.07) is 19.7. The van der Waals surface area contributed by atoms with E-state index in [0.29, 0.717) is 5.02 Å². The van der Waals surface area contributed by atoms with Gasteiger partial charge in [0, 0.05) is 40.8 Å². The van der Waals surface area contributed by atoms with Crippen molar-refractivity contribution in [2.45, 2.75) is 32.4 Å². The first-order valence-electron chi connectivity index (χ1n) is 11.8. The smallest absolute Gasteiger partial charge is 0.224 e. The van der Waals surface area contributed by atoms with Crippen LogP contribution in [0.15, 0.2) is 73.1 Å². The summed E-state index contributed by atoms with van der Waals surface area (Å²) >= 11 is 6.11. The van der Waals surface area contributed by atoms with Crippen molar-refractivity contribution in [2.75, 3.05) is 13.1 Å². The van der Waals surface area contributed by atoms with E-state index in [4.69, 9.17) is 11.6 Å². The number of para-hydroxylation sites is 1. The summed E-state index contributed by atoms with van der Waals surface area (Å²) in [7, 11) is 0. The average Bonchev–Trinajstić information content (AvgIpc) is 3.27. The number of hydrogen-bond acceptors (Lipinski definition) is 3. The molecule has 1 aliphatic rings. The number of hydrogen-bond donors (Lipinski definition) is 2. The van der Waals surface area contributed by atoms with Crippen molar-refractivity contribution in [1.29, 1.82) is 0 Å². The molecule has 0 bridgehead atoms. The van der Waals surface area contributed by atoms with E-state index in [1.807, 2.05) is 43.3 Å². The van der Waals surface area contributed by atoms with Crippen molar-refractivity contribution < 1.29 is 4.79 Å². The number of rotatable bonds is 6. The van der Waals surface area contributed by atoms with Crippen LogP contribution in [0.4, 0.5) is 0 Å². The van der Waals surface area contributed by atoms with E-state index in [2.05, 4.69) is 50.6 Å². The highest BCUT2D eigenvalue weighted by molar-refractivity contribution is 6.30. The standard InChI is InChI=1S/C28H29ClN4O/c1-19-5-4-14-30-26(19)27(20-8-10-23(29)11-9-20)32-28(34)21-12-15-33(16-13-21)18-22-17-31-25-7-3-2-6-24(22)25/h2-11,14,17,21,27,31H,12-13,15-16,18H2,1H3,(H,32,34). The van der Waals surface area contributed by atoms with E-state index in [9.17, 15) is 4.79 Å². The Morgan fingerprint density at radius 3 is 2.65 bits per heavy atom. The van der Waals surface area contributed by atoms with Crippen molar-refractivity contribution >= 4 is 28.4 Å². The molecular weight excluding hydrogens is 444 g/mol. The van der Waals surface area contributed by atoms with Crippen LogP contribution < -0.4 is 5.32 Å². The second-order valence-electron chi connectivity index (χ2n) is 9.11. The Labute approximate surface area is 205 Å². The van der Waals surface area contributed by atoms with Gasteiger partial charge in [-0.3, -0.25) is 14.7 Å². The summed E-state index contributed by atoms with van der Waals surface area (Å²) in [5, 5.41) is 5.25. The highest BCUT2D eigenvalue weighted by atomic mass is 35.5. The summed E-state index contributed by atoms with van der Waals surface area (Å²) < 4.78 is 0. The maximum absolute atomic E-state index is 13.3. The number of amides is 1. The molecule has 1 atom stereocenters. The van der Waals surface area contributed by atoms with Gasteiger partial charge in [0.05, 0.1) is 11.7 Å². The number of aromatic amines is 1. The minimum absolute atomic E-state index is 0.00182. The van der Waals surface area contributed by atoms with Crippen molar-refractivity contribution in [3.63, 3.8) is 0 Å². The fourth-order valence-electron chi connectivity index (χ4n) is 4.88. The van der Waals surface area contributed by atoms with Crippen molar-refractivity contribution in [1.82, 2.24) is 20.2 Å². The zero-order valence-corrected chi connectivity index (χ0v) is 20.1. The molecule has 1 unspecified atom stereocenters. The first-order chi connectivity index (χ1) is 16.6. The molecule has 5 rings (SSSR count). The molecular formula is C28H29ClN4O. The number of nitrogens with one attached hydrogen (secondary N) is 2. The van der Waals surface area contributed by atoms with Crippen LogP contribution in [0.3, 0.4) is 0 Å². The van der Waals surface area contributed by atoms with Crippen LogP contribution in [0.25, 0.3) is 10.9 Å². The second-order valence-corrected chi connectivity index (χ2v) is 9.55. The maximum atomic E-state index is 13.3. The molecule has 0 spiro atoms. The Balaban J connectivity index is 1.25. The van der Waals surface area contributed by atoms with Crippen molar-refractivity contribution in [2.24, 2.45) is 5.92 Å². The van der Waals surface area contributed by atoms with Crippen LogP contribution >= 0.6 is 11.6 Å². The quantitative estimate of drug-likeness (QED) is 0.381. The molecule has 1 aliphatic heterocycles. The molecule has 174 valence electrons. The molecule has 2 N–H and O–H groups in total. The number of nitrogens with zero attached hydrogens (tertiary/aromatic N) is 2. The summed E-state index contributed by atoms with van der Waals surface area (Å²) in [6.45, 7) is 4.75. The molecule has 1 fully saturated rings. The topological polar surface area (TPSA) is 61.0 Å². The molecule has 5 nitrogen and oxygen atoms in total. The summed E-state index contributed by atoms with van der Waals surface area (Å²) in [5.74, 6) is 0.0924. The lowest BCUT2D eigenvalue weighted by Gasteiger charge is -2.32. The Hall–Kier alpha value is -3.15. The zero-order valence-electron chi connectivity index (χ0n) is 19.3. The molecule has 6 heteroatoms. The van der Waals surface area contributed by atoms with E-state index < -0.39 is 0 Å². The third-order valence-electron chi connectivity index (χ3n) is 6.84. The Morgan fingerprint density at radius 1 is 1.12 bits per heavy atom. The van der Waals surface area contributed by atoms with Gasteiger partial charge in [-0.25, -0.2) is 0 Å². The summed E-state index contributed by atoms with van der Waals surface area (Å²) in [5.41, 5.74) is 5.39. The number of carbonyl (C=O) groups excluding carboxylic acids is 1. The minimum atomic E-state index is -0.296. The normalized spacial score (nSPS) is 15.9. The predicted molar refractivity (Wildman–Crippen MR) is 137 cm³/mol. The van der Waals surface area contributed by atoms with E-state index in [1.165, 1.54) is 16.5 Å². The highest BCUT2D eigenvalue weighted by Gasteiger charge is 2.28. The molecule has 1 amide bonds. The highest BCUT2D eigenvalue weighted by Crippen LogP contribution is 2.27. The van der Waals surface area contributed by atoms with E-state index >= 15 is 0 Å². The van der Waals surface area contributed by atoms with Gasteiger partial charge in [-0.2, -0.15) is 0 Å². The lowest BCUT2D eigenvalue weighted by atomic mass is 9.93. The molecule has 0 aliphatic carbocycles. The molecule has 2 aromatic heterocycles. The number of aryl methyl sites for hydroxylation is 1. The monoisotopic (exact) mass is 472 g/mol. The number of piperidine rings is 1. The van der Waals surface area contributed by atoms with Crippen LogP contribution in [0.2, 0.25) is 5.02 Å².